The second kappa shape index (κ2) is 9.65. The second-order valence-corrected chi connectivity index (χ2v) is 8.33. The van der Waals surface area contributed by atoms with E-state index in [0.717, 1.165) is 37.4 Å². The van der Waals surface area contributed by atoms with Crippen LogP contribution in [0, 0.1) is 0 Å². The zero-order chi connectivity index (χ0) is 18.4. The van der Waals surface area contributed by atoms with Crippen molar-refractivity contribution < 1.29 is 4.79 Å². The van der Waals surface area contributed by atoms with Gasteiger partial charge in [-0.2, -0.15) is 0 Å². The van der Waals surface area contributed by atoms with E-state index in [2.05, 4.69) is 10.2 Å². The number of nitrogens with one attached hydrogen (secondary N) is 1. The van der Waals surface area contributed by atoms with E-state index in [1.54, 1.807) is 11.8 Å². The molecule has 138 valence electrons. The lowest BCUT2D eigenvalue weighted by atomic mass is 10.0. The quantitative estimate of drug-likeness (QED) is 0.692. The summed E-state index contributed by atoms with van der Waals surface area (Å²) in [5.41, 5.74) is 1.17. The number of hydrogen-bond donors (Lipinski definition) is 1. The van der Waals surface area contributed by atoms with Gasteiger partial charge >= 0.3 is 0 Å². The monoisotopic (exact) mass is 408 g/mol. The van der Waals surface area contributed by atoms with Crippen molar-refractivity contribution in [1.82, 2.24) is 10.2 Å². The highest BCUT2D eigenvalue weighted by Crippen LogP contribution is 2.24. The zero-order valence-corrected chi connectivity index (χ0v) is 16.8. The third kappa shape index (κ3) is 5.92. The smallest absolute Gasteiger partial charge is 0.230 e. The van der Waals surface area contributed by atoms with Gasteiger partial charge in [-0.05, 0) is 42.7 Å². The first kappa shape index (κ1) is 19.6. The van der Waals surface area contributed by atoms with Crippen molar-refractivity contribution in [2.24, 2.45) is 0 Å². The first-order valence-electron chi connectivity index (χ1n) is 8.73. The van der Waals surface area contributed by atoms with Gasteiger partial charge in [0, 0.05) is 30.6 Å². The molecule has 3 rings (SSSR count). The lowest BCUT2D eigenvalue weighted by molar-refractivity contribution is -0.119. The van der Waals surface area contributed by atoms with Crippen LogP contribution in [0.3, 0.4) is 0 Å². The Morgan fingerprint density at radius 1 is 1.08 bits per heavy atom. The highest BCUT2D eigenvalue weighted by molar-refractivity contribution is 8.00. The van der Waals surface area contributed by atoms with Gasteiger partial charge in [0.15, 0.2) is 0 Å². The average Bonchev–Trinajstić information content (AvgIpc) is 2.65. The van der Waals surface area contributed by atoms with E-state index in [1.807, 2.05) is 48.5 Å². The number of carbonyl (C=O) groups is 1. The van der Waals surface area contributed by atoms with E-state index in [9.17, 15) is 4.79 Å². The average molecular weight is 409 g/mol. The maximum absolute atomic E-state index is 12.2. The van der Waals surface area contributed by atoms with Gasteiger partial charge in [0.1, 0.15) is 0 Å². The Kier molecular flexibility index (Phi) is 7.26. The topological polar surface area (TPSA) is 32.3 Å². The molecule has 0 aromatic heterocycles. The molecular formula is C20H22Cl2N2OS. The van der Waals surface area contributed by atoms with Crippen LogP contribution in [0.5, 0.6) is 0 Å². The normalized spacial score (nSPS) is 15.8. The van der Waals surface area contributed by atoms with Crippen LogP contribution < -0.4 is 5.32 Å². The number of hydrogen-bond acceptors (Lipinski definition) is 3. The molecule has 1 N–H and O–H groups in total. The number of nitrogens with zero attached hydrogens (tertiary/aromatic N) is 1. The summed E-state index contributed by atoms with van der Waals surface area (Å²) in [6.45, 7) is 2.80. The summed E-state index contributed by atoms with van der Waals surface area (Å²) < 4.78 is 0. The SMILES string of the molecule is O=C(CSc1ccccc1)NC1CCN(Cc2ccc(Cl)c(Cl)c2)CC1. The summed E-state index contributed by atoms with van der Waals surface area (Å²) in [5, 5.41) is 4.35. The molecule has 0 saturated carbocycles. The first-order chi connectivity index (χ1) is 12.6. The molecule has 2 aromatic carbocycles. The van der Waals surface area contributed by atoms with Gasteiger partial charge in [0.25, 0.3) is 0 Å². The van der Waals surface area contributed by atoms with Crippen molar-refractivity contribution in [2.45, 2.75) is 30.3 Å². The zero-order valence-electron chi connectivity index (χ0n) is 14.5. The molecule has 26 heavy (non-hydrogen) atoms. The highest BCUT2D eigenvalue weighted by atomic mass is 35.5. The fourth-order valence-corrected chi connectivity index (χ4v) is 4.12. The standard InChI is InChI=1S/C20H22Cl2N2OS/c21-18-7-6-15(12-19(18)22)13-24-10-8-16(9-11-24)23-20(25)14-26-17-4-2-1-3-5-17/h1-7,12,16H,8-11,13-14H2,(H,23,25). The van der Waals surface area contributed by atoms with E-state index in [0.29, 0.717) is 15.8 Å². The van der Waals surface area contributed by atoms with Gasteiger partial charge in [-0.25, -0.2) is 0 Å². The minimum atomic E-state index is 0.113. The lowest BCUT2D eigenvalue weighted by Crippen LogP contribution is -2.44. The maximum Gasteiger partial charge on any atom is 0.230 e. The Morgan fingerprint density at radius 2 is 1.81 bits per heavy atom. The van der Waals surface area contributed by atoms with Crippen molar-refractivity contribution >= 4 is 40.9 Å². The van der Waals surface area contributed by atoms with E-state index >= 15 is 0 Å². The largest absolute Gasteiger partial charge is 0.353 e. The molecule has 3 nitrogen and oxygen atoms in total. The maximum atomic E-state index is 12.2. The van der Waals surface area contributed by atoms with Crippen LogP contribution in [0.4, 0.5) is 0 Å². The Labute approximate surface area is 169 Å². The van der Waals surface area contributed by atoms with Gasteiger partial charge in [-0.15, -0.1) is 11.8 Å². The fourth-order valence-electron chi connectivity index (χ4n) is 3.07. The van der Waals surface area contributed by atoms with E-state index < -0.39 is 0 Å². The molecule has 1 aliphatic rings. The third-order valence-electron chi connectivity index (χ3n) is 4.46. The number of carbonyl (C=O) groups excluding carboxylic acids is 1. The molecule has 0 atom stereocenters. The van der Waals surface area contributed by atoms with E-state index in [-0.39, 0.29) is 11.9 Å². The van der Waals surface area contributed by atoms with Gasteiger partial charge in [0.2, 0.25) is 5.91 Å². The molecule has 0 unspecified atom stereocenters. The summed E-state index contributed by atoms with van der Waals surface area (Å²) in [4.78, 5) is 15.7. The fraction of sp³-hybridized carbons (Fsp3) is 0.350. The van der Waals surface area contributed by atoms with E-state index in [4.69, 9.17) is 23.2 Å². The summed E-state index contributed by atoms with van der Waals surface area (Å²) in [6.07, 6.45) is 1.95. The molecule has 1 saturated heterocycles. The molecular weight excluding hydrogens is 387 g/mol. The Hall–Kier alpha value is -1.20. The van der Waals surface area contributed by atoms with Gasteiger partial charge in [-0.1, -0.05) is 47.5 Å². The number of halogens is 2. The Bertz CT molecular complexity index is 734. The summed E-state index contributed by atoms with van der Waals surface area (Å²) in [6, 6.07) is 16.1. The summed E-state index contributed by atoms with van der Waals surface area (Å²) >= 11 is 13.6. The molecule has 0 bridgehead atoms. The molecule has 0 radical (unpaired) electrons. The van der Waals surface area contributed by atoms with Crippen molar-refractivity contribution in [3.63, 3.8) is 0 Å². The predicted molar refractivity (Wildman–Crippen MR) is 110 cm³/mol. The molecule has 1 aliphatic heterocycles. The van der Waals surface area contributed by atoms with Crippen molar-refractivity contribution in [2.75, 3.05) is 18.8 Å². The highest BCUT2D eigenvalue weighted by Gasteiger charge is 2.20. The molecule has 0 aliphatic carbocycles. The first-order valence-corrected chi connectivity index (χ1v) is 10.5. The number of amides is 1. The van der Waals surface area contributed by atoms with Crippen LogP contribution in [0.1, 0.15) is 18.4 Å². The summed E-state index contributed by atoms with van der Waals surface area (Å²) in [5.74, 6) is 0.579. The van der Waals surface area contributed by atoms with Crippen molar-refractivity contribution in [1.29, 1.82) is 0 Å². The lowest BCUT2D eigenvalue weighted by Gasteiger charge is -2.32. The number of thioether (sulfide) groups is 1. The molecule has 1 heterocycles. The number of benzene rings is 2. The minimum Gasteiger partial charge on any atom is -0.353 e. The Balaban J connectivity index is 1.39. The Morgan fingerprint density at radius 3 is 2.50 bits per heavy atom. The molecule has 1 amide bonds. The minimum absolute atomic E-state index is 0.113. The van der Waals surface area contributed by atoms with Gasteiger partial charge in [-0.3, -0.25) is 9.69 Å². The third-order valence-corrected chi connectivity index (χ3v) is 6.21. The van der Waals surface area contributed by atoms with Crippen molar-refractivity contribution in [3.8, 4) is 0 Å². The van der Waals surface area contributed by atoms with E-state index in [1.165, 1.54) is 5.56 Å². The molecule has 2 aromatic rings. The van der Waals surface area contributed by atoms with Crippen LogP contribution in [0.2, 0.25) is 10.0 Å². The predicted octanol–water partition coefficient (Wildman–Crippen LogP) is 4.87. The summed E-state index contributed by atoms with van der Waals surface area (Å²) in [7, 11) is 0. The van der Waals surface area contributed by atoms with Crippen LogP contribution in [-0.2, 0) is 11.3 Å². The van der Waals surface area contributed by atoms with Crippen LogP contribution >= 0.6 is 35.0 Å². The molecule has 1 fully saturated rings. The van der Waals surface area contributed by atoms with Crippen LogP contribution in [0.15, 0.2) is 53.4 Å². The van der Waals surface area contributed by atoms with Crippen LogP contribution in [-0.4, -0.2) is 35.7 Å². The van der Waals surface area contributed by atoms with Crippen LogP contribution in [0.25, 0.3) is 0 Å². The number of rotatable bonds is 6. The van der Waals surface area contributed by atoms with Gasteiger partial charge < -0.3 is 5.32 Å². The van der Waals surface area contributed by atoms with Gasteiger partial charge in [0.05, 0.1) is 15.8 Å². The molecule has 0 spiro atoms. The molecule has 6 heteroatoms. The second-order valence-electron chi connectivity index (χ2n) is 6.47. The number of likely N-dealkylation sites (tertiary alicyclic amines) is 1. The van der Waals surface area contributed by atoms with Crippen molar-refractivity contribution in [3.05, 3.63) is 64.1 Å². The number of piperidine rings is 1.